The summed E-state index contributed by atoms with van der Waals surface area (Å²) < 4.78 is 11.1. The molecule has 1 fully saturated rings. The Morgan fingerprint density at radius 1 is 1.00 bits per heavy atom. The van der Waals surface area contributed by atoms with E-state index in [9.17, 15) is 0 Å². The topological polar surface area (TPSA) is 45.5 Å². The van der Waals surface area contributed by atoms with E-state index in [1.54, 1.807) is 12.1 Å². The molecule has 1 aliphatic rings. The Hall–Kier alpha value is -1.57. The molecule has 0 atom stereocenters. The van der Waals surface area contributed by atoms with E-state index in [1.807, 2.05) is 12.1 Å². The summed E-state index contributed by atoms with van der Waals surface area (Å²) in [7, 11) is 0. The summed E-state index contributed by atoms with van der Waals surface area (Å²) >= 11 is 0. The number of benzene rings is 1. The Morgan fingerprint density at radius 3 is 2.45 bits per heavy atom. The van der Waals surface area contributed by atoms with Gasteiger partial charge >= 0.3 is 0 Å². The number of ether oxygens (including phenoxy) is 2. The van der Waals surface area contributed by atoms with Crippen molar-refractivity contribution < 1.29 is 9.47 Å². The molecule has 0 saturated carbocycles. The van der Waals surface area contributed by atoms with Crippen molar-refractivity contribution in [2.45, 2.75) is 19.3 Å². The highest BCUT2D eigenvalue weighted by atomic mass is 16.5. The number of nitrogens with zero attached hydrogens (tertiary/aromatic N) is 2. The van der Waals surface area contributed by atoms with E-state index < -0.39 is 0 Å². The third kappa shape index (κ3) is 5.20. The zero-order valence-corrected chi connectivity index (χ0v) is 11.9. The number of hydrogen-bond acceptors (Lipinski definition) is 4. The third-order valence-corrected chi connectivity index (χ3v) is 3.48. The molecular formula is C16H22N2O2. The van der Waals surface area contributed by atoms with Crippen LogP contribution in [0.1, 0.15) is 24.8 Å². The third-order valence-electron chi connectivity index (χ3n) is 3.48. The molecule has 1 aromatic rings. The Morgan fingerprint density at radius 2 is 1.75 bits per heavy atom. The fraction of sp³-hybridized carbons (Fsp3) is 0.562. The summed E-state index contributed by atoms with van der Waals surface area (Å²) in [6.45, 7) is 5.38. The fourth-order valence-corrected chi connectivity index (χ4v) is 2.32. The smallest absolute Gasteiger partial charge is 0.119 e. The Labute approximate surface area is 120 Å². The van der Waals surface area contributed by atoms with Gasteiger partial charge < -0.3 is 14.4 Å². The number of nitriles is 1. The minimum absolute atomic E-state index is 0.548. The van der Waals surface area contributed by atoms with Crippen LogP contribution in [0.4, 0.5) is 0 Å². The highest BCUT2D eigenvalue weighted by molar-refractivity contribution is 5.34. The Kier molecular flexibility index (Phi) is 6.36. The zero-order chi connectivity index (χ0) is 14.0. The summed E-state index contributed by atoms with van der Waals surface area (Å²) in [6, 6.07) is 9.22. The molecule has 0 spiro atoms. The lowest BCUT2D eigenvalue weighted by molar-refractivity contribution is 0.0750. The van der Waals surface area contributed by atoms with E-state index in [0.29, 0.717) is 18.8 Å². The second-order valence-corrected chi connectivity index (χ2v) is 5.00. The van der Waals surface area contributed by atoms with Crippen LogP contribution in [0.25, 0.3) is 0 Å². The van der Waals surface area contributed by atoms with E-state index in [1.165, 1.54) is 32.4 Å². The molecule has 0 radical (unpaired) electrons. The van der Waals surface area contributed by atoms with Gasteiger partial charge in [0.15, 0.2) is 0 Å². The molecular weight excluding hydrogens is 252 g/mol. The van der Waals surface area contributed by atoms with Crippen molar-refractivity contribution in [1.29, 1.82) is 5.26 Å². The summed E-state index contributed by atoms with van der Waals surface area (Å²) in [6.07, 6.45) is 4.01. The zero-order valence-electron chi connectivity index (χ0n) is 11.9. The SMILES string of the molecule is N#Cc1ccc(OCCOCCN2CCCCC2)cc1. The Balaban J connectivity index is 1.51. The van der Waals surface area contributed by atoms with Gasteiger partial charge in [-0.05, 0) is 50.2 Å². The van der Waals surface area contributed by atoms with Crippen LogP contribution in [-0.4, -0.2) is 44.4 Å². The van der Waals surface area contributed by atoms with Gasteiger partial charge in [-0.3, -0.25) is 0 Å². The molecule has 20 heavy (non-hydrogen) atoms. The van der Waals surface area contributed by atoms with E-state index in [2.05, 4.69) is 11.0 Å². The first-order chi connectivity index (χ1) is 9.88. The normalized spacial score (nSPS) is 15.8. The van der Waals surface area contributed by atoms with Crippen LogP contribution < -0.4 is 4.74 Å². The molecule has 1 aliphatic heterocycles. The summed E-state index contributed by atoms with van der Waals surface area (Å²) in [5.41, 5.74) is 0.648. The predicted octanol–water partition coefficient (Wildman–Crippen LogP) is 2.44. The maximum atomic E-state index is 8.69. The quantitative estimate of drug-likeness (QED) is 0.716. The lowest BCUT2D eigenvalue weighted by Crippen LogP contribution is -2.32. The molecule has 4 heteroatoms. The van der Waals surface area contributed by atoms with Crippen molar-refractivity contribution in [1.82, 2.24) is 4.90 Å². The summed E-state index contributed by atoms with van der Waals surface area (Å²) in [5, 5.41) is 8.69. The van der Waals surface area contributed by atoms with Crippen molar-refractivity contribution in [3.8, 4) is 11.8 Å². The number of piperidine rings is 1. The lowest BCUT2D eigenvalue weighted by Gasteiger charge is -2.26. The minimum atomic E-state index is 0.548. The molecule has 0 aromatic heterocycles. The molecule has 0 N–H and O–H groups in total. The second-order valence-electron chi connectivity index (χ2n) is 5.00. The number of rotatable bonds is 7. The molecule has 1 aromatic carbocycles. The van der Waals surface area contributed by atoms with Gasteiger partial charge in [-0.25, -0.2) is 0 Å². The van der Waals surface area contributed by atoms with Crippen LogP contribution in [-0.2, 0) is 4.74 Å². The van der Waals surface area contributed by atoms with Gasteiger partial charge in [0, 0.05) is 6.54 Å². The van der Waals surface area contributed by atoms with E-state index in [4.69, 9.17) is 14.7 Å². The van der Waals surface area contributed by atoms with Gasteiger partial charge in [0.1, 0.15) is 12.4 Å². The van der Waals surface area contributed by atoms with Crippen molar-refractivity contribution in [3.05, 3.63) is 29.8 Å². The monoisotopic (exact) mass is 274 g/mol. The van der Waals surface area contributed by atoms with Gasteiger partial charge in [0.25, 0.3) is 0 Å². The van der Waals surface area contributed by atoms with Crippen LogP contribution in [0.15, 0.2) is 24.3 Å². The molecule has 0 aliphatic carbocycles. The van der Waals surface area contributed by atoms with Crippen LogP contribution in [0.5, 0.6) is 5.75 Å². The molecule has 0 amide bonds. The highest BCUT2D eigenvalue weighted by Crippen LogP contribution is 2.11. The molecule has 2 rings (SSSR count). The second kappa shape index (κ2) is 8.57. The van der Waals surface area contributed by atoms with Crippen LogP contribution >= 0.6 is 0 Å². The van der Waals surface area contributed by atoms with Crippen molar-refractivity contribution in [2.24, 2.45) is 0 Å². The largest absolute Gasteiger partial charge is 0.491 e. The standard InChI is InChI=1S/C16H22N2O2/c17-14-15-4-6-16(7-5-15)20-13-12-19-11-10-18-8-2-1-3-9-18/h4-7H,1-3,8-13H2. The van der Waals surface area contributed by atoms with Crippen LogP contribution in [0, 0.1) is 11.3 Å². The summed E-state index contributed by atoms with van der Waals surface area (Å²) in [4.78, 5) is 2.46. The van der Waals surface area contributed by atoms with Crippen LogP contribution in [0.3, 0.4) is 0 Å². The maximum absolute atomic E-state index is 8.69. The Bertz CT molecular complexity index is 419. The van der Waals surface area contributed by atoms with E-state index in [-0.39, 0.29) is 0 Å². The first-order valence-corrected chi connectivity index (χ1v) is 7.31. The molecule has 0 bridgehead atoms. The molecule has 108 valence electrons. The van der Waals surface area contributed by atoms with E-state index >= 15 is 0 Å². The predicted molar refractivity (Wildman–Crippen MR) is 77.8 cm³/mol. The van der Waals surface area contributed by atoms with Gasteiger partial charge in [0.05, 0.1) is 24.8 Å². The van der Waals surface area contributed by atoms with Gasteiger partial charge in [0.2, 0.25) is 0 Å². The van der Waals surface area contributed by atoms with Crippen molar-refractivity contribution in [2.75, 3.05) is 39.5 Å². The van der Waals surface area contributed by atoms with Crippen molar-refractivity contribution in [3.63, 3.8) is 0 Å². The molecule has 1 saturated heterocycles. The first kappa shape index (κ1) is 14.8. The molecule has 0 unspecified atom stereocenters. The van der Waals surface area contributed by atoms with Crippen molar-refractivity contribution >= 4 is 0 Å². The van der Waals surface area contributed by atoms with Gasteiger partial charge in [-0.1, -0.05) is 6.42 Å². The number of hydrogen-bond donors (Lipinski definition) is 0. The summed E-state index contributed by atoms with van der Waals surface area (Å²) in [5.74, 6) is 0.781. The van der Waals surface area contributed by atoms with Gasteiger partial charge in [-0.15, -0.1) is 0 Å². The number of likely N-dealkylation sites (tertiary alicyclic amines) is 1. The maximum Gasteiger partial charge on any atom is 0.119 e. The fourth-order valence-electron chi connectivity index (χ4n) is 2.32. The first-order valence-electron chi connectivity index (χ1n) is 7.31. The van der Waals surface area contributed by atoms with Crippen LogP contribution in [0.2, 0.25) is 0 Å². The van der Waals surface area contributed by atoms with Gasteiger partial charge in [-0.2, -0.15) is 5.26 Å². The lowest BCUT2D eigenvalue weighted by atomic mass is 10.1. The van der Waals surface area contributed by atoms with E-state index in [0.717, 1.165) is 18.9 Å². The average molecular weight is 274 g/mol. The highest BCUT2D eigenvalue weighted by Gasteiger charge is 2.08. The average Bonchev–Trinajstić information content (AvgIpc) is 2.52. The molecule has 4 nitrogen and oxygen atoms in total. The minimum Gasteiger partial charge on any atom is -0.491 e. The molecule has 1 heterocycles.